The number of benzene rings is 1. The van der Waals surface area contributed by atoms with E-state index >= 15 is 0 Å². The third-order valence-electron chi connectivity index (χ3n) is 2.71. The molecule has 7 heteroatoms. The number of thioether (sulfide) groups is 1. The molecule has 1 unspecified atom stereocenters. The van der Waals surface area contributed by atoms with Crippen molar-refractivity contribution >= 4 is 57.9 Å². The van der Waals surface area contributed by atoms with Crippen LogP contribution in [-0.4, -0.2) is 32.2 Å². The molecule has 1 aromatic carbocycles. The Balaban J connectivity index is 2.30. The maximum atomic E-state index is 12.2. The molecule has 4 nitrogen and oxygen atoms in total. The fourth-order valence-corrected chi connectivity index (χ4v) is 3.29. The van der Waals surface area contributed by atoms with Gasteiger partial charge in [-0.3, -0.25) is 9.69 Å². The minimum atomic E-state index is -1.09. The highest BCUT2D eigenvalue weighted by molar-refractivity contribution is 8.26. The number of thiocarbonyl (C=S) groups is 1. The van der Waals surface area contributed by atoms with Crippen molar-refractivity contribution < 1.29 is 14.7 Å². The van der Waals surface area contributed by atoms with E-state index in [-0.39, 0.29) is 4.32 Å². The Morgan fingerprint density at radius 3 is 2.85 bits per heavy atom. The first kappa shape index (κ1) is 15.0. The third-order valence-corrected chi connectivity index (χ3v) is 4.28. The van der Waals surface area contributed by atoms with E-state index in [9.17, 15) is 9.59 Å². The average Bonchev–Trinajstić information content (AvgIpc) is 2.63. The Hall–Kier alpha value is -1.37. The number of amides is 1. The van der Waals surface area contributed by atoms with Crippen molar-refractivity contribution in [2.45, 2.75) is 13.0 Å². The molecule has 1 heterocycles. The lowest BCUT2D eigenvalue weighted by molar-refractivity contribution is -0.144. The predicted molar refractivity (Wildman–Crippen MR) is 83.6 cm³/mol. The lowest BCUT2D eigenvalue weighted by Crippen LogP contribution is -2.41. The highest BCUT2D eigenvalue weighted by atomic mass is 35.5. The number of aliphatic carboxylic acids is 1. The van der Waals surface area contributed by atoms with Crippen LogP contribution in [-0.2, 0) is 9.59 Å². The molecular formula is C13H10ClNO3S2. The van der Waals surface area contributed by atoms with Gasteiger partial charge in [-0.25, -0.2) is 4.79 Å². The van der Waals surface area contributed by atoms with Gasteiger partial charge in [0.25, 0.3) is 5.91 Å². The van der Waals surface area contributed by atoms with Gasteiger partial charge in [0.1, 0.15) is 10.4 Å². The molecule has 1 N–H and O–H groups in total. The van der Waals surface area contributed by atoms with Crippen molar-refractivity contribution in [2.75, 3.05) is 0 Å². The summed E-state index contributed by atoms with van der Waals surface area (Å²) < 4.78 is 0.248. The molecule has 0 aromatic heterocycles. The molecule has 0 spiro atoms. The molecule has 104 valence electrons. The molecule has 0 aliphatic carbocycles. The Bertz CT molecular complexity index is 630. The number of halogens is 1. The Labute approximate surface area is 130 Å². The number of nitrogens with zero attached hydrogens (tertiary/aromatic N) is 1. The van der Waals surface area contributed by atoms with Crippen molar-refractivity contribution in [1.29, 1.82) is 0 Å². The van der Waals surface area contributed by atoms with E-state index < -0.39 is 17.9 Å². The van der Waals surface area contributed by atoms with Crippen molar-refractivity contribution in [1.82, 2.24) is 4.90 Å². The lowest BCUT2D eigenvalue weighted by Gasteiger charge is -2.18. The number of hydrogen-bond acceptors (Lipinski definition) is 4. The number of carboxylic acid groups (broad SMARTS) is 1. The molecule has 1 aliphatic heterocycles. The van der Waals surface area contributed by atoms with Gasteiger partial charge < -0.3 is 5.11 Å². The van der Waals surface area contributed by atoms with E-state index in [0.717, 1.165) is 22.2 Å². The van der Waals surface area contributed by atoms with Gasteiger partial charge in [0, 0.05) is 5.02 Å². The summed E-state index contributed by atoms with van der Waals surface area (Å²) in [7, 11) is 0. The van der Waals surface area contributed by atoms with Gasteiger partial charge in [-0.05, 0) is 30.7 Å². The third kappa shape index (κ3) is 3.03. The predicted octanol–water partition coefficient (Wildman–Crippen LogP) is 3.01. The summed E-state index contributed by atoms with van der Waals surface area (Å²) in [6, 6.07) is 6.05. The van der Waals surface area contributed by atoms with E-state index in [0.29, 0.717) is 9.93 Å². The van der Waals surface area contributed by atoms with E-state index in [1.54, 1.807) is 30.3 Å². The standard InChI is InChI=1S/C13H10ClNO3S2/c1-7(12(17)18)15-11(16)10(20-13(15)19)6-8-3-2-4-9(14)5-8/h2-7H,1H3,(H,17,18)/b10-6-. The zero-order valence-electron chi connectivity index (χ0n) is 10.4. The molecule has 1 amide bonds. The fourth-order valence-electron chi connectivity index (χ4n) is 1.67. The fraction of sp³-hybridized carbons (Fsp3) is 0.154. The van der Waals surface area contributed by atoms with Crippen molar-refractivity contribution in [3.05, 3.63) is 39.8 Å². The van der Waals surface area contributed by atoms with Crippen molar-refractivity contribution in [2.24, 2.45) is 0 Å². The quantitative estimate of drug-likeness (QED) is 0.683. The van der Waals surface area contributed by atoms with Gasteiger partial charge in [-0.15, -0.1) is 0 Å². The molecule has 1 saturated heterocycles. The minimum absolute atomic E-state index is 0.248. The smallest absolute Gasteiger partial charge is 0.326 e. The number of carbonyl (C=O) groups excluding carboxylic acids is 1. The van der Waals surface area contributed by atoms with Gasteiger partial charge >= 0.3 is 5.97 Å². The molecule has 2 rings (SSSR count). The molecule has 20 heavy (non-hydrogen) atoms. The molecule has 1 aromatic rings. The van der Waals surface area contributed by atoms with Crippen LogP contribution in [0.1, 0.15) is 12.5 Å². The highest BCUT2D eigenvalue weighted by Gasteiger charge is 2.38. The summed E-state index contributed by atoms with van der Waals surface area (Å²) in [6.07, 6.45) is 1.65. The lowest BCUT2D eigenvalue weighted by atomic mass is 10.2. The summed E-state index contributed by atoms with van der Waals surface area (Å²) in [4.78, 5) is 24.7. The molecule has 1 fully saturated rings. The van der Waals surface area contributed by atoms with Crippen LogP contribution < -0.4 is 0 Å². The Morgan fingerprint density at radius 1 is 1.55 bits per heavy atom. The minimum Gasteiger partial charge on any atom is -0.480 e. The highest BCUT2D eigenvalue weighted by Crippen LogP contribution is 2.34. The van der Waals surface area contributed by atoms with E-state index in [4.69, 9.17) is 28.9 Å². The van der Waals surface area contributed by atoms with Crippen LogP contribution >= 0.6 is 35.6 Å². The second kappa shape index (κ2) is 5.95. The van der Waals surface area contributed by atoms with Crippen LogP contribution in [0.2, 0.25) is 5.02 Å². The SMILES string of the molecule is CC(C(=O)O)N1C(=O)/C(=C/c2cccc(Cl)c2)SC1=S. The zero-order valence-corrected chi connectivity index (χ0v) is 12.8. The maximum absolute atomic E-state index is 12.2. The second-order valence-electron chi connectivity index (χ2n) is 4.12. The molecule has 1 aliphatic rings. The Kier molecular flexibility index (Phi) is 4.47. The maximum Gasteiger partial charge on any atom is 0.326 e. The van der Waals surface area contributed by atoms with Crippen LogP contribution in [0.5, 0.6) is 0 Å². The van der Waals surface area contributed by atoms with E-state index in [2.05, 4.69) is 0 Å². The molecular weight excluding hydrogens is 318 g/mol. The van der Waals surface area contributed by atoms with Crippen molar-refractivity contribution in [3.8, 4) is 0 Å². The molecule has 0 saturated carbocycles. The van der Waals surface area contributed by atoms with Gasteiger partial charge in [0.15, 0.2) is 0 Å². The van der Waals surface area contributed by atoms with Crippen LogP contribution in [0.4, 0.5) is 0 Å². The number of carboxylic acids is 1. The van der Waals surface area contributed by atoms with Crippen molar-refractivity contribution in [3.63, 3.8) is 0 Å². The van der Waals surface area contributed by atoms with Crippen LogP contribution in [0.15, 0.2) is 29.2 Å². The number of hydrogen-bond donors (Lipinski definition) is 1. The number of carbonyl (C=O) groups is 2. The van der Waals surface area contributed by atoms with Crippen LogP contribution in [0, 0.1) is 0 Å². The first-order valence-electron chi connectivity index (χ1n) is 5.65. The summed E-state index contributed by atoms with van der Waals surface area (Å²) in [5.74, 6) is -1.49. The normalized spacial score (nSPS) is 18.7. The van der Waals surface area contributed by atoms with Crippen LogP contribution in [0.25, 0.3) is 6.08 Å². The van der Waals surface area contributed by atoms with E-state index in [1.807, 2.05) is 0 Å². The van der Waals surface area contributed by atoms with E-state index in [1.165, 1.54) is 6.92 Å². The van der Waals surface area contributed by atoms with Crippen LogP contribution in [0.3, 0.4) is 0 Å². The largest absolute Gasteiger partial charge is 0.480 e. The summed E-state index contributed by atoms with van der Waals surface area (Å²) >= 11 is 12.0. The molecule has 1 atom stereocenters. The van der Waals surface area contributed by atoms with Gasteiger partial charge in [-0.1, -0.05) is 47.7 Å². The summed E-state index contributed by atoms with van der Waals surface area (Å²) in [5.41, 5.74) is 0.765. The van der Waals surface area contributed by atoms with Gasteiger partial charge in [0.2, 0.25) is 0 Å². The van der Waals surface area contributed by atoms with Gasteiger partial charge in [-0.2, -0.15) is 0 Å². The summed E-state index contributed by atoms with van der Waals surface area (Å²) in [5, 5.41) is 9.55. The average molecular weight is 328 g/mol. The monoisotopic (exact) mass is 327 g/mol. The first-order chi connectivity index (χ1) is 9.40. The molecule has 0 bridgehead atoms. The zero-order chi connectivity index (χ0) is 14.9. The first-order valence-corrected chi connectivity index (χ1v) is 7.26. The summed E-state index contributed by atoms with van der Waals surface area (Å²) in [6.45, 7) is 1.43. The van der Waals surface area contributed by atoms with Gasteiger partial charge in [0.05, 0.1) is 4.91 Å². The second-order valence-corrected chi connectivity index (χ2v) is 6.23. The Morgan fingerprint density at radius 2 is 2.25 bits per heavy atom. The molecule has 0 radical (unpaired) electrons. The topological polar surface area (TPSA) is 57.6 Å². The number of rotatable bonds is 3.